The van der Waals surface area contributed by atoms with Crippen molar-refractivity contribution in [2.75, 3.05) is 5.73 Å². The lowest BCUT2D eigenvalue weighted by Gasteiger charge is -2.56. The second-order valence-electron chi connectivity index (χ2n) is 7.36. The molecule has 4 bridgehead atoms. The Morgan fingerprint density at radius 2 is 1.71 bits per heavy atom. The van der Waals surface area contributed by atoms with E-state index < -0.39 is 0 Å². The van der Waals surface area contributed by atoms with Crippen molar-refractivity contribution in [1.29, 1.82) is 0 Å². The van der Waals surface area contributed by atoms with Crippen molar-refractivity contribution in [3.63, 3.8) is 0 Å². The van der Waals surface area contributed by atoms with Gasteiger partial charge in [0.1, 0.15) is 0 Å². The number of hydrogen-bond donors (Lipinski definition) is 2. The van der Waals surface area contributed by atoms with Gasteiger partial charge < -0.3 is 11.1 Å². The highest BCUT2D eigenvalue weighted by Crippen LogP contribution is 2.55. The fraction of sp³-hybridized carbons (Fsp3) is 0.588. The van der Waals surface area contributed by atoms with Gasteiger partial charge in [-0.2, -0.15) is 0 Å². The zero-order valence-corrected chi connectivity index (χ0v) is 12.8. The molecule has 112 valence electrons. The van der Waals surface area contributed by atoms with Crippen LogP contribution in [0.15, 0.2) is 18.2 Å². The second kappa shape index (κ2) is 4.64. The lowest BCUT2D eigenvalue weighted by Crippen LogP contribution is -2.59. The van der Waals surface area contributed by atoms with Crippen molar-refractivity contribution < 1.29 is 4.79 Å². The van der Waals surface area contributed by atoms with Crippen molar-refractivity contribution in [2.24, 2.45) is 17.8 Å². The first-order valence-electron chi connectivity index (χ1n) is 7.91. The van der Waals surface area contributed by atoms with Gasteiger partial charge in [-0.1, -0.05) is 17.7 Å². The Hall–Kier alpha value is -1.22. The number of carbonyl (C=O) groups excluding carboxylic acids is 1. The van der Waals surface area contributed by atoms with Crippen LogP contribution in [0.1, 0.15) is 48.9 Å². The molecule has 4 aliphatic carbocycles. The van der Waals surface area contributed by atoms with E-state index in [4.69, 9.17) is 17.3 Å². The molecule has 0 saturated heterocycles. The first-order chi connectivity index (χ1) is 10.0. The van der Waals surface area contributed by atoms with Crippen LogP contribution < -0.4 is 11.1 Å². The van der Waals surface area contributed by atoms with Crippen LogP contribution in [0.4, 0.5) is 5.69 Å². The highest BCUT2D eigenvalue weighted by atomic mass is 35.5. The van der Waals surface area contributed by atoms with Gasteiger partial charge in [-0.15, -0.1) is 0 Å². The summed E-state index contributed by atoms with van der Waals surface area (Å²) in [5, 5.41) is 3.76. The van der Waals surface area contributed by atoms with Crippen molar-refractivity contribution in [2.45, 2.75) is 44.1 Å². The van der Waals surface area contributed by atoms with E-state index in [1.807, 2.05) is 0 Å². The summed E-state index contributed by atoms with van der Waals surface area (Å²) in [6.07, 6.45) is 7.50. The number of amides is 1. The number of benzene rings is 1. The van der Waals surface area contributed by atoms with E-state index in [1.54, 1.807) is 18.2 Å². The number of hydrogen-bond acceptors (Lipinski definition) is 2. The Morgan fingerprint density at radius 1 is 1.14 bits per heavy atom. The maximum Gasteiger partial charge on any atom is 0.255 e. The van der Waals surface area contributed by atoms with Gasteiger partial charge in [-0.05, 0) is 68.4 Å². The number of nitrogen functional groups attached to an aromatic ring is 1. The van der Waals surface area contributed by atoms with E-state index in [1.165, 1.54) is 19.3 Å². The first-order valence-corrected chi connectivity index (χ1v) is 8.29. The van der Waals surface area contributed by atoms with E-state index >= 15 is 0 Å². The molecule has 5 rings (SSSR count). The Balaban J connectivity index is 1.60. The summed E-state index contributed by atoms with van der Waals surface area (Å²) >= 11 is 6.17. The van der Waals surface area contributed by atoms with Gasteiger partial charge in [-0.3, -0.25) is 4.79 Å². The molecule has 21 heavy (non-hydrogen) atoms. The smallest absolute Gasteiger partial charge is 0.255 e. The minimum absolute atomic E-state index is 0.00254. The van der Waals surface area contributed by atoms with Crippen molar-refractivity contribution >= 4 is 23.2 Å². The Bertz CT molecular complexity index is 543. The highest BCUT2D eigenvalue weighted by molar-refractivity contribution is 6.34. The van der Waals surface area contributed by atoms with E-state index in [0.29, 0.717) is 16.3 Å². The van der Waals surface area contributed by atoms with Crippen LogP contribution in [-0.4, -0.2) is 11.4 Å². The SMILES string of the molecule is Nc1cccc(Cl)c1C(=O)NC12CC3CC(CC(C3)C1)C2. The number of nitrogens with two attached hydrogens (primary N) is 1. The molecule has 0 heterocycles. The van der Waals surface area contributed by atoms with Crippen molar-refractivity contribution in [3.05, 3.63) is 28.8 Å². The molecule has 3 N–H and O–H groups in total. The van der Waals surface area contributed by atoms with Crippen molar-refractivity contribution in [3.8, 4) is 0 Å². The summed E-state index contributed by atoms with van der Waals surface area (Å²) in [6, 6.07) is 5.24. The maximum absolute atomic E-state index is 12.7. The summed E-state index contributed by atoms with van der Waals surface area (Å²) in [5.41, 5.74) is 6.84. The second-order valence-corrected chi connectivity index (χ2v) is 7.76. The predicted octanol–water partition coefficient (Wildman–Crippen LogP) is 3.62. The third-order valence-corrected chi connectivity index (χ3v) is 6.00. The maximum atomic E-state index is 12.7. The van der Waals surface area contributed by atoms with Gasteiger partial charge >= 0.3 is 0 Å². The number of anilines is 1. The van der Waals surface area contributed by atoms with E-state index in [0.717, 1.165) is 37.0 Å². The number of carbonyl (C=O) groups is 1. The molecule has 3 nitrogen and oxygen atoms in total. The van der Waals surface area contributed by atoms with Crippen LogP contribution in [0.5, 0.6) is 0 Å². The zero-order valence-electron chi connectivity index (χ0n) is 12.1. The van der Waals surface area contributed by atoms with Gasteiger partial charge in [0.2, 0.25) is 0 Å². The molecule has 1 amide bonds. The molecule has 0 unspecified atom stereocenters. The van der Waals surface area contributed by atoms with Crippen molar-refractivity contribution in [1.82, 2.24) is 5.32 Å². The summed E-state index contributed by atoms with van der Waals surface area (Å²) in [7, 11) is 0. The Labute approximate surface area is 130 Å². The molecule has 4 saturated carbocycles. The molecule has 0 aliphatic heterocycles. The van der Waals surface area contributed by atoms with Gasteiger partial charge in [0.15, 0.2) is 0 Å². The largest absolute Gasteiger partial charge is 0.398 e. The molecule has 0 spiro atoms. The fourth-order valence-corrected chi connectivity index (χ4v) is 5.62. The molecule has 1 aromatic rings. The molecule has 0 aromatic heterocycles. The normalized spacial score (nSPS) is 36.7. The average molecular weight is 305 g/mol. The minimum Gasteiger partial charge on any atom is -0.398 e. The van der Waals surface area contributed by atoms with Crippen LogP contribution in [0.3, 0.4) is 0 Å². The molecule has 0 atom stereocenters. The monoisotopic (exact) mass is 304 g/mol. The quantitative estimate of drug-likeness (QED) is 0.820. The number of nitrogens with one attached hydrogen (secondary N) is 1. The molecule has 4 aliphatic rings. The summed E-state index contributed by atoms with van der Waals surface area (Å²) in [4.78, 5) is 12.7. The first kappa shape index (κ1) is 13.4. The van der Waals surface area contributed by atoms with E-state index in [-0.39, 0.29) is 11.4 Å². The molecule has 4 fully saturated rings. The van der Waals surface area contributed by atoms with Gasteiger partial charge in [0.05, 0.1) is 10.6 Å². The Kier molecular flexibility index (Phi) is 2.97. The lowest BCUT2D eigenvalue weighted by molar-refractivity contribution is -0.0166. The Morgan fingerprint density at radius 3 is 2.24 bits per heavy atom. The summed E-state index contributed by atoms with van der Waals surface area (Å²) in [6.45, 7) is 0. The zero-order chi connectivity index (χ0) is 14.6. The fourth-order valence-electron chi connectivity index (χ4n) is 5.35. The van der Waals surface area contributed by atoms with E-state index in [9.17, 15) is 4.79 Å². The molecule has 0 radical (unpaired) electrons. The third-order valence-electron chi connectivity index (χ3n) is 5.69. The third kappa shape index (κ3) is 2.22. The number of rotatable bonds is 2. The minimum atomic E-state index is -0.0972. The average Bonchev–Trinajstić information content (AvgIpc) is 2.35. The standard InChI is InChI=1S/C17H21ClN2O/c18-13-2-1-3-14(19)15(13)16(21)20-17-7-10-4-11(8-17)6-12(5-10)9-17/h1-3,10-12H,4-9,19H2,(H,20,21). The summed E-state index contributed by atoms with van der Waals surface area (Å²) in [5.74, 6) is 2.32. The van der Waals surface area contributed by atoms with Crippen LogP contribution in [-0.2, 0) is 0 Å². The lowest BCUT2D eigenvalue weighted by atomic mass is 9.53. The van der Waals surface area contributed by atoms with Crippen LogP contribution >= 0.6 is 11.6 Å². The van der Waals surface area contributed by atoms with Crippen LogP contribution in [0, 0.1) is 17.8 Å². The van der Waals surface area contributed by atoms with E-state index in [2.05, 4.69) is 5.32 Å². The van der Waals surface area contributed by atoms with Gasteiger partial charge in [0.25, 0.3) is 5.91 Å². The topological polar surface area (TPSA) is 55.1 Å². The highest BCUT2D eigenvalue weighted by Gasteiger charge is 2.51. The van der Waals surface area contributed by atoms with Crippen LogP contribution in [0.25, 0.3) is 0 Å². The number of halogens is 1. The molecular weight excluding hydrogens is 284 g/mol. The van der Waals surface area contributed by atoms with Crippen LogP contribution in [0.2, 0.25) is 5.02 Å². The predicted molar refractivity (Wildman–Crippen MR) is 84.2 cm³/mol. The molecular formula is C17H21ClN2O. The van der Waals surface area contributed by atoms with Gasteiger partial charge in [-0.25, -0.2) is 0 Å². The summed E-state index contributed by atoms with van der Waals surface area (Å²) < 4.78 is 0. The van der Waals surface area contributed by atoms with Gasteiger partial charge in [0, 0.05) is 11.2 Å². The molecule has 4 heteroatoms. The molecule has 1 aromatic carbocycles.